The maximum absolute atomic E-state index is 14.4. The zero-order valence-electron chi connectivity index (χ0n) is 14.8. The Bertz CT molecular complexity index is 899. The summed E-state index contributed by atoms with van der Waals surface area (Å²) in [6.45, 7) is 1.89. The van der Waals surface area contributed by atoms with Gasteiger partial charge >= 0.3 is 0 Å². The third kappa shape index (κ3) is 3.75. The molecule has 2 aromatic carbocycles. The summed E-state index contributed by atoms with van der Waals surface area (Å²) in [5.74, 6) is -0.829. The molecule has 0 saturated carbocycles. The molecule has 0 bridgehead atoms. The van der Waals surface area contributed by atoms with Crippen LogP contribution in [0.5, 0.6) is 0 Å². The van der Waals surface area contributed by atoms with E-state index in [-0.39, 0.29) is 12.8 Å². The van der Waals surface area contributed by atoms with E-state index in [0.717, 1.165) is 0 Å². The van der Waals surface area contributed by atoms with Gasteiger partial charge in [-0.2, -0.15) is 0 Å². The average Bonchev–Trinajstić information content (AvgIpc) is 2.61. The van der Waals surface area contributed by atoms with E-state index in [2.05, 4.69) is 0 Å². The van der Waals surface area contributed by atoms with Gasteiger partial charge in [0.25, 0.3) is 0 Å². The largest absolute Gasteiger partial charge is 0.399 e. The molecule has 4 N–H and O–H groups in total. The first-order chi connectivity index (χ1) is 12.7. The van der Waals surface area contributed by atoms with Gasteiger partial charge in [-0.3, -0.25) is 0 Å². The van der Waals surface area contributed by atoms with Crippen molar-refractivity contribution in [1.82, 2.24) is 0 Å². The lowest BCUT2D eigenvalue weighted by Crippen LogP contribution is -2.45. The van der Waals surface area contributed by atoms with Crippen LogP contribution < -0.4 is 11.5 Å². The molecule has 0 aromatic heterocycles. The molecule has 1 aliphatic carbocycles. The van der Waals surface area contributed by atoms with Crippen LogP contribution in [0.15, 0.2) is 59.8 Å². The lowest BCUT2D eigenvalue weighted by molar-refractivity contribution is 0.330. The predicted octanol–water partition coefficient (Wildman–Crippen LogP) is 5.17. The van der Waals surface area contributed by atoms with Crippen molar-refractivity contribution in [2.24, 2.45) is 16.9 Å². The van der Waals surface area contributed by atoms with Crippen molar-refractivity contribution in [3.8, 4) is 0 Å². The van der Waals surface area contributed by atoms with Crippen molar-refractivity contribution in [3.05, 3.63) is 92.6 Å². The van der Waals surface area contributed by atoms with Gasteiger partial charge in [0.2, 0.25) is 0 Å². The van der Waals surface area contributed by atoms with Crippen LogP contribution in [0.25, 0.3) is 0 Å². The second kappa shape index (κ2) is 7.63. The van der Waals surface area contributed by atoms with Gasteiger partial charge in [0, 0.05) is 44.7 Å². The number of allylic oxidation sites excluding steroid dienone is 1. The van der Waals surface area contributed by atoms with E-state index in [1.807, 2.05) is 6.92 Å². The lowest BCUT2D eigenvalue weighted by Gasteiger charge is -2.40. The Morgan fingerprint density at radius 1 is 1.00 bits per heavy atom. The Morgan fingerprint density at radius 2 is 1.56 bits per heavy atom. The quantitative estimate of drug-likeness (QED) is 0.732. The summed E-state index contributed by atoms with van der Waals surface area (Å²) in [7, 11) is 0. The molecule has 0 radical (unpaired) electrons. The highest BCUT2D eigenvalue weighted by Crippen LogP contribution is 2.43. The third-order valence-electron chi connectivity index (χ3n) is 5.28. The van der Waals surface area contributed by atoms with Crippen molar-refractivity contribution in [2.45, 2.75) is 25.8 Å². The van der Waals surface area contributed by atoms with Gasteiger partial charge in [0.05, 0.1) is 0 Å². The molecule has 0 fully saturated rings. The van der Waals surface area contributed by atoms with Gasteiger partial charge in [-0.25, -0.2) is 8.78 Å². The van der Waals surface area contributed by atoms with E-state index < -0.39 is 23.1 Å². The fourth-order valence-corrected chi connectivity index (χ4v) is 3.99. The first kappa shape index (κ1) is 19.9. The molecule has 0 amide bonds. The molecule has 0 saturated heterocycles. The van der Waals surface area contributed by atoms with Crippen LogP contribution in [0, 0.1) is 17.0 Å². The monoisotopic (exact) mass is 408 g/mol. The lowest BCUT2D eigenvalue weighted by atomic mass is 9.67. The topological polar surface area (TPSA) is 52.0 Å². The Kier molecular flexibility index (Phi) is 5.61. The highest BCUT2D eigenvalue weighted by molar-refractivity contribution is 6.31. The van der Waals surface area contributed by atoms with Gasteiger partial charge in [0.1, 0.15) is 11.6 Å². The fourth-order valence-electron chi connectivity index (χ4n) is 3.53. The first-order valence-corrected chi connectivity index (χ1v) is 9.28. The SMILES string of the molecule is CC1(Cc2c(F)cccc2Cl)C(Cc2c(F)cccc2Cl)=C(N)C=CC1N. The van der Waals surface area contributed by atoms with E-state index in [1.54, 1.807) is 36.4 Å². The molecular formula is C21H20Cl2F2N2. The minimum Gasteiger partial charge on any atom is -0.399 e. The minimum atomic E-state index is -0.754. The van der Waals surface area contributed by atoms with E-state index >= 15 is 0 Å². The van der Waals surface area contributed by atoms with Crippen molar-refractivity contribution in [2.75, 3.05) is 0 Å². The number of benzene rings is 2. The van der Waals surface area contributed by atoms with E-state index in [0.29, 0.717) is 32.4 Å². The second-order valence-electron chi connectivity index (χ2n) is 6.99. The fraction of sp³-hybridized carbons (Fsp3) is 0.238. The standard InChI is InChI=1S/C21H20Cl2F2N2/c1-21(11-13-16(23)5-3-7-18(13)25)14(19(26)8-9-20(21)27)10-12-15(22)4-2-6-17(12)24/h2-9,20H,10-11,26-27H2,1H3. The summed E-state index contributed by atoms with van der Waals surface area (Å²) in [6, 6.07) is 8.62. The van der Waals surface area contributed by atoms with Gasteiger partial charge in [-0.1, -0.05) is 48.3 Å². The summed E-state index contributed by atoms with van der Waals surface area (Å²) in [5, 5.41) is 0.629. The number of hydrogen-bond acceptors (Lipinski definition) is 2. The van der Waals surface area contributed by atoms with Crippen LogP contribution in [0.4, 0.5) is 8.78 Å². The Morgan fingerprint density at radius 3 is 2.11 bits per heavy atom. The summed E-state index contributed by atoms with van der Waals surface area (Å²) in [4.78, 5) is 0. The Labute approximate surface area is 167 Å². The molecule has 0 heterocycles. The molecule has 27 heavy (non-hydrogen) atoms. The zero-order valence-corrected chi connectivity index (χ0v) is 16.3. The highest BCUT2D eigenvalue weighted by Gasteiger charge is 2.39. The third-order valence-corrected chi connectivity index (χ3v) is 5.99. The second-order valence-corrected chi connectivity index (χ2v) is 7.80. The molecule has 142 valence electrons. The van der Waals surface area contributed by atoms with E-state index in [4.69, 9.17) is 34.7 Å². The van der Waals surface area contributed by atoms with Crippen LogP contribution in [0.3, 0.4) is 0 Å². The van der Waals surface area contributed by atoms with E-state index in [9.17, 15) is 8.78 Å². The van der Waals surface area contributed by atoms with E-state index in [1.165, 1.54) is 12.1 Å². The van der Waals surface area contributed by atoms with Gasteiger partial charge in [0.15, 0.2) is 0 Å². The summed E-state index contributed by atoms with van der Waals surface area (Å²) in [5.41, 5.74) is 13.7. The highest BCUT2D eigenvalue weighted by atomic mass is 35.5. The van der Waals surface area contributed by atoms with Crippen LogP contribution >= 0.6 is 23.2 Å². The van der Waals surface area contributed by atoms with Crippen LogP contribution in [-0.2, 0) is 12.8 Å². The summed E-state index contributed by atoms with van der Waals surface area (Å²) in [6.07, 6.45) is 3.89. The van der Waals surface area contributed by atoms with Crippen molar-refractivity contribution in [3.63, 3.8) is 0 Å². The van der Waals surface area contributed by atoms with Crippen molar-refractivity contribution >= 4 is 23.2 Å². The molecule has 0 spiro atoms. The number of rotatable bonds is 4. The smallest absolute Gasteiger partial charge is 0.128 e. The minimum absolute atomic E-state index is 0.179. The Balaban J connectivity index is 2.07. The Hall–Kier alpha value is -1.88. The van der Waals surface area contributed by atoms with Gasteiger partial charge < -0.3 is 11.5 Å². The maximum atomic E-state index is 14.4. The molecule has 2 aromatic rings. The molecule has 3 rings (SSSR count). The molecule has 6 heteroatoms. The molecule has 0 aliphatic heterocycles. The molecular weight excluding hydrogens is 389 g/mol. The molecule has 2 atom stereocenters. The van der Waals surface area contributed by atoms with Crippen molar-refractivity contribution in [1.29, 1.82) is 0 Å². The van der Waals surface area contributed by atoms with Crippen LogP contribution in [0.1, 0.15) is 18.1 Å². The van der Waals surface area contributed by atoms with Gasteiger partial charge in [-0.05, 0) is 42.3 Å². The normalized spacial score (nSPS) is 22.4. The van der Waals surface area contributed by atoms with Crippen LogP contribution in [0.2, 0.25) is 10.0 Å². The van der Waals surface area contributed by atoms with Crippen molar-refractivity contribution < 1.29 is 8.78 Å². The molecule has 2 nitrogen and oxygen atoms in total. The average molecular weight is 409 g/mol. The zero-order chi connectivity index (χ0) is 19.8. The van der Waals surface area contributed by atoms with Crippen LogP contribution in [-0.4, -0.2) is 6.04 Å². The number of halogens is 4. The molecule has 1 aliphatic rings. The summed E-state index contributed by atoms with van der Waals surface area (Å²) < 4.78 is 28.8. The molecule has 2 unspecified atom stereocenters. The first-order valence-electron chi connectivity index (χ1n) is 8.52. The maximum Gasteiger partial charge on any atom is 0.128 e. The summed E-state index contributed by atoms with van der Waals surface area (Å²) >= 11 is 12.4. The number of hydrogen-bond donors (Lipinski definition) is 2. The van der Waals surface area contributed by atoms with Gasteiger partial charge in [-0.15, -0.1) is 0 Å². The number of nitrogens with two attached hydrogens (primary N) is 2. The predicted molar refractivity (Wildman–Crippen MR) is 107 cm³/mol.